The minimum Gasteiger partial charge on any atom is -0.389 e. The van der Waals surface area contributed by atoms with Gasteiger partial charge in [-0.05, 0) is 19.9 Å². The van der Waals surface area contributed by atoms with E-state index in [1.807, 2.05) is 13.8 Å². The number of amides is 1. The molecule has 0 unspecified atom stereocenters. The number of likely N-dealkylation sites (N-methyl/N-ethyl adjacent to an activating group) is 1. The fourth-order valence-electron chi connectivity index (χ4n) is 1.57. The first-order valence-electron chi connectivity index (χ1n) is 5.66. The molecular weight excluding hydrogens is 248 g/mol. The van der Waals surface area contributed by atoms with Gasteiger partial charge in [-0.1, -0.05) is 12.2 Å². The maximum absolute atomic E-state index is 11.7. The highest BCUT2D eigenvalue weighted by atomic mass is 32.1. The third-order valence-corrected chi connectivity index (χ3v) is 2.53. The highest BCUT2D eigenvalue weighted by molar-refractivity contribution is 7.80. The lowest BCUT2D eigenvalue weighted by Crippen LogP contribution is -2.39. The van der Waals surface area contributed by atoms with E-state index in [9.17, 15) is 4.79 Å². The summed E-state index contributed by atoms with van der Waals surface area (Å²) in [6.45, 7) is 4.07. The number of anilines is 1. The Morgan fingerprint density at radius 2 is 2.28 bits per heavy atom. The molecule has 5 nitrogen and oxygen atoms in total. The van der Waals surface area contributed by atoms with Gasteiger partial charge in [-0.15, -0.1) is 0 Å². The van der Waals surface area contributed by atoms with Crippen molar-refractivity contribution >= 4 is 28.8 Å². The van der Waals surface area contributed by atoms with Crippen LogP contribution in [0.15, 0.2) is 18.5 Å². The molecule has 0 fully saturated rings. The van der Waals surface area contributed by atoms with E-state index in [-0.39, 0.29) is 18.5 Å². The van der Waals surface area contributed by atoms with E-state index in [1.165, 1.54) is 0 Å². The van der Waals surface area contributed by atoms with Gasteiger partial charge in [0.1, 0.15) is 4.99 Å². The first-order chi connectivity index (χ1) is 8.41. The lowest BCUT2D eigenvalue weighted by molar-refractivity contribution is -0.120. The van der Waals surface area contributed by atoms with Gasteiger partial charge in [-0.3, -0.25) is 9.78 Å². The monoisotopic (exact) mass is 266 g/mol. The molecule has 1 aromatic rings. The molecule has 0 aliphatic carbocycles. The highest BCUT2D eigenvalue weighted by Gasteiger charge is 2.13. The molecule has 6 heteroatoms. The highest BCUT2D eigenvalue weighted by Crippen LogP contribution is 2.17. The van der Waals surface area contributed by atoms with E-state index in [4.69, 9.17) is 18.0 Å². The maximum Gasteiger partial charge on any atom is 0.239 e. The maximum atomic E-state index is 11.7. The second-order valence-electron chi connectivity index (χ2n) is 4.34. The zero-order valence-electron chi connectivity index (χ0n) is 10.8. The van der Waals surface area contributed by atoms with Crippen LogP contribution in [0.4, 0.5) is 5.69 Å². The smallest absolute Gasteiger partial charge is 0.239 e. The van der Waals surface area contributed by atoms with Crippen molar-refractivity contribution in [2.45, 2.75) is 19.9 Å². The van der Waals surface area contributed by atoms with Gasteiger partial charge in [0.25, 0.3) is 0 Å². The van der Waals surface area contributed by atoms with Crippen molar-refractivity contribution < 1.29 is 4.79 Å². The summed E-state index contributed by atoms with van der Waals surface area (Å²) in [6, 6.07) is 1.86. The third kappa shape index (κ3) is 3.96. The number of pyridine rings is 1. The number of nitrogens with one attached hydrogen (secondary N) is 1. The fourth-order valence-corrected chi connectivity index (χ4v) is 1.74. The number of carbonyl (C=O) groups is 1. The molecule has 98 valence electrons. The van der Waals surface area contributed by atoms with E-state index in [1.54, 1.807) is 30.4 Å². The summed E-state index contributed by atoms with van der Waals surface area (Å²) in [4.78, 5) is 17.8. The Morgan fingerprint density at radius 1 is 1.61 bits per heavy atom. The topological polar surface area (TPSA) is 71.2 Å². The Balaban J connectivity index is 2.81. The average molecular weight is 266 g/mol. The Morgan fingerprint density at radius 3 is 2.83 bits per heavy atom. The quantitative estimate of drug-likeness (QED) is 0.767. The lowest BCUT2D eigenvalue weighted by Gasteiger charge is -2.21. The molecular formula is C12H18N4OS. The number of aromatic nitrogens is 1. The minimum absolute atomic E-state index is 0.0507. The zero-order chi connectivity index (χ0) is 13.7. The molecule has 0 saturated carbocycles. The number of carbonyl (C=O) groups excluding carboxylic acids is 1. The van der Waals surface area contributed by atoms with Crippen LogP contribution in [0.5, 0.6) is 0 Å². The second-order valence-corrected chi connectivity index (χ2v) is 4.78. The van der Waals surface area contributed by atoms with Gasteiger partial charge >= 0.3 is 0 Å². The normalized spacial score (nSPS) is 10.2. The van der Waals surface area contributed by atoms with Crippen LogP contribution in [0.1, 0.15) is 19.4 Å². The summed E-state index contributed by atoms with van der Waals surface area (Å²) in [5, 5.41) is 2.83. The van der Waals surface area contributed by atoms with E-state index < -0.39 is 0 Å². The molecule has 0 aliphatic rings. The molecule has 0 aliphatic heterocycles. The number of hydrogen-bond donors (Lipinski definition) is 2. The van der Waals surface area contributed by atoms with Crippen molar-refractivity contribution in [1.29, 1.82) is 0 Å². The summed E-state index contributed by atoms with van der Waals surface area (Å²) in [5.74, 6) is -0.0507. The summed E-state index contributed by atoms with van der Waals surface area (Å²) in [6.07, 6.45) is 3.27. The van der Waals surface area contributed by atoms with Crippen molar-refractivity contribution in [3.8, 4) is 0 Å². The van der Waals surface area contributed by atoms with Crippen molar-refractivity contribution in [2.75, 3.05) is 18.5 Å². The lowest BCUT2D eigenvalue weighted by atomic mass is 10.2. The van der Waals surface area contributed by atoms with Crippen LogP contribution >= 0.6 is 12.2 Å². The first-order valence-corrected chi connectivity index (χ1v) is 6.07. The van der Waals surface area contributed by atoms with Crippen molar-refractivity contribution in [2.24, 2.45) is 5.73 Å². The van der Waals surface area contributed by atoms with Gasteiger partial charge in [0, 0.05) is 24.8 Å². The number of nitrogens with zero attached hydrogens (tertiary/aromatic N) is 2. The molecule has 1 aromatic heterocycles. The first kappa shape index (κ1) is 14.4. The zero-order valence-corrected chi connectivity index (χ0v) is 11.6. The van der Waals surface area contributed by atoms with Crippen LogP contribution in [-0.2, 0) is 4.79 Å². The molecule has 0 aromatic carbocycles. The summed E-state index contributed by atoms with van der Waals surface area (Å²) >= 11 is 4.98. The number of thiocarbonyl (C=S) groups is 1. The largest absolute Gasteiger partial charge is 0.389 e. The second kappa shape index (κ2) is 6.30. The predicted octanol–water partition coefficient (Wildman–Crippen LogP) is 0.677. The van der Waals surface area contributed by atoms with E-state index in [0.717, 1.165) is 11.3 Å². The van der Waals surface area contributed by atoms with Crippen molar-refractivity contribution in [3.63, 3.8) is 0 Å². The number of nitrogens with two attached hydrogens (primary N) is 1. The van der Waals surface area contributed by atoms with Crippen molar-refractivity contribution in [1.82, 2.24) is 10.3 Å². The van der Waals surface area contributed by atoms with Crippen molar-refractivity contribution in [3.05, 3.63) is 24.0 Å². The molecule has 0 radical (unpaired) electrons. The van der Waals surface area contributed by atoms with E-state index in [2.05, 4.69) is 10.3 Å². The number of rotatable bonds is 5. The van der Waals surface area contributed by atoms with E-state index >= 15 is 0 Å². The summed E-state index contributed by atoms with van der Waals surface area (Å²) in [7, 11) is 1.80. The SMILES string of the molecule is CC(C)NC(=O)CN(C)c1cnccc1C(N)=S. The van der Waals surface area contributed by atoms with Gasteiger partial charge < -0.3 is 16.0 Å². The average Bonchev–Trinajstić information content (AvgIpc) is 2.27. The van der Waals surface area contributed by atoms with Crippen LogP contribution < -0.4 is 16.0 Å². The fraction of sp³-hybridized carbons (Fsp3) is 0.417. The number of hydrogen-bond acceptors (Lipinski definition) is 4. The van der Waals surface area contributed by atoms with E-state index in [0.29, 0.717) is 4.99 Å². The molecule has 0 bridgehead atoms. The standard InChI is InChI=1S/C12H18N4OS/c1-8(2)15-11(17)7-16(3)10-6-14-5-4-9(10)12(13)18/h4-6,8H,7H2,1-3H3,(H2,13,18)(H,15,17). The van der Waals surface area contributed by atoms with Crippen LogP contribution in [0.3, 0.4) is 0 Å². The molecule has 1 amide bonds. The molecule has 3 N–H and O–H groups in total. The Kier molecular flexibility index (Phi) is 5.03. The third-order valence-electron chi connectivity index (χ3n) is 2.31. The Hall–Kier alpha value is -1.69. The van der Waals surface area contributed by atoms with Gasteiger partial charge in [-0.25, -0.2) is 0 Å². The van der Waals surface area contributed by atoms with Gasteiger partial charge in [0.15, 0.2) is 0 Å². The molecule has 1 rings (SSSR count). The van der Waals surface area contributed by atoms with Crippen LogP contribution in [0.25, 0.3) is 0 Å². The van der Waals surface area contributed by atoms with Crippen LogP contribution in [0, 0.1) is 0 Å². The minimum atomic E-state index is -0.0507. The molecule has 0 saturated heterocycles. The molecule has 18 heavy (non-hydrogen) atoms. The van der Waals surface area contributed by atoms with Crippen LogP contribution in [0.2, 0.25) is 0 Å². The van der Waals surface area contributed by atoms with Gasteiger partial charge in [0.2, 0.25) is 5.91 Å². The summed E-state index contributed by atoms with van der Waals surface area (Å²) in [5.41, 5.74) is 7.12. The Labute approximate surface area is 112 Å². The predicted molar refractivity (Wildman–Crippen MR) is 76.7 cm³/mol. The molecule has 1 heterocycles. The van der Waals surface area contributed by atoms with Crippen LogP contribution in [-0.4, -0.2) is 35.5 Å². The van der Waals surface area contributed by atoms with Gasteiger partial charge in [-0.2, -0.15) is 0 Å². The molecule has 0 atom stereocenters. The summed E-state index contributed by atoms with van der Waals surface area (Å²) < 4.78 is 0. The molecule has 0 spiro atoms. The van der Waals surface area contributed by atoms with Gasteiger partial charge in [0.05, 0.1) is 18.4 Å². The Bertz CT molecular complexity index is 447.